The Morgan fingerprint density at radius 2 is 1.86 bits per heavy atom. The Morgan fingerprint density at radius 1 is 1.24 bits per heavy atom. The van der Waals surface area contributed by atoms with Gasteiger partial charge in [-0.1, -0.05) is 6.07 Å². The highest BCUT2D eigenvalue weighted by Gasteiger charge is 2.31. The number of carbonyl (C=O) groups excluding carboxylic acids is 1. The molecule has 21 heavy (non-hydrogen) atoms. The quantitative estimate of drug-likeness (QED) is 0.919. The molecular formula is C15H21F2N3O. The van der Waals surface area contributed by atoms with Gasteiger partial charge in [0.2, 0.25) is 0 Å². The number of hydrogen-bond donors (Lipinski definition) is 1. The molecule has 2 N–H and O–H groups in total. The molecule has 0 radical (unpaired) electrons. The zero-order valence-corrected chi connectivity index (χ0v) is 12.4. The summed E-state index contributed by atoms with van der Waals surface area (Å²) in [7, 11) is 0. The minimum absolute atomic E-state index is 0.126. The molecule has 0 spiro atoms. The minimum Gasteiger partial charge on any atom is -0.336 e. The van der Waals surface area contributed by atoms with Crippen LogP contribution in [0.1, 0.15) is 24.2 Å². The number of amides is 1. The number of benzene rings is 1. The summed E-state index contributed by atoms with van der Waals surface area (Å²) in [4.78, 5) is 16.0. The standard InChI is InChI=1S/C15H21F2N3O/c1-15(2,10-18)20-8-6-19(7-9-20)14(21)11-4-3-5-12(16)13(11)17/h3-5H,6-10,18H2,1-2H3. The number of rotatable bonds is 3. The molecular weight excluding hydrogens is 276 g/mol. The molecule has 1 saturated heterocycles. The van der Waals surface area contributed by atoms with Crippen molar-refractivity contribution in [2.24, 2.45) is 5.73 Å². The van der Waals surface area contributed by atoms with Gasteiger partial charge in [0.05, 0.1) is 5.56 Å². The van der Waals surface area contributed by atoms with Gasteiger partial charge in [-0.25, -0.2) is 8.78 Å². The summed E-state index contributed by atoms with van der Waals surface area (Å²) in [5.74, 6) is -2.53. The highest BCUT2D eigenvalue weighted by molar-refractivity contribution is 5.94. The average molecular weight is 297 g/mol. The van der Waals surface area contributed by atoms with Crippen LogP contribution in [0.3, 0.4) is 0 Å². The Hall–Kier alpha value is -1.53. The van der Waals surface area contributed by atoms with Crippen molar-refractivity contribution in [1.29, 1.82) is 0 Å². The van der Waals surface area contributed by atoms with E-state index in [0.717, 1.165) is 6.07 Å². The van der Waals surface area contributed by atoms with E-state index in [-0.39, 0.29) is 11.1 Å². The molecule has 0 unspecified atom stereocenters. The number of hydrogen-bond acceptors (Lipinski definition) is 3. The Kier molecular flexibility index (Phi) is 4.58. The third-order valence-corrected chi connectivity index (χ3v) is 4.10. The fourth-order valence-corrected chi connectivity index (χ4v) is 2.48. The van der Waals surface area contributed by atoms with Crippen LogP contribution >= 0.6 is 0 Å². The summed E-state index contributed by atoms with van der Waals surface area (Å²) in [5.41, 5.74) is 5.41. The van der Waals surface area contributed by atoms with Crippen molar-refractivity contribution in [1.82, 2.24) is 9.80 Å². The second-order valence-electron chi connectivity index (χ2n) is 5.90. The van der Waals surface area contributed by atoms with E-state index < -0.39 is 17.5 Å². The molecule has 2 rings (SSSR count). The van der Waals surface area contributed by atoms with E-state index in [1.165, 1.54) is 12.1 Å². The molecule has 0 saturated carbocycles. The molecule has 1 aromatic rings. The van der Waals surface area contributed by atoms with Gasteiger partial charge >= 0.3 is 0 Å². The van der Waals surface area contributed by atoms with Crippen LogP contribution in [0.4, 0.5) is 8.78 Å². The third-order valence-electron chi connectivity index (χ3n) is 4.10. The number of nitrogens with zero attached hydrogens (tertiary/aromatic N) is 2. The van der Waals surface area contributed by atoms with E-state index in [1.807, 2.05) is 0 Å². The topological polar surface area (TPSA) is 49.6 Å². The Labute approximate surface area is 123 Å². The predicted octanol–water partition coefficient (Wildman–Crippen LogP) is 1.46. The molecule has 0 aliphatic carbocycles. The van der Waals surface area contributed by atoms with E-state index in [1.54, 1.807) is 4.90 Å². The fourth-order valence-electron chi connectivity index (χ4n) is 2.48. The van der Waals surface area contributed by atoms with Gasteiger partial charge in [0.1, 0.15) is 0 Å². The highest BCUT2D eigenvalue weighted by atomic mass is 19.2. The van der Waals surface area contributed by atoms with Gasteiger partial charge in [-0.2, -0.15) is 0 Å². The second-order valence-corrected chi connectivity index (χ2v) is 5.90. The van der Waals surface area contributed by atoms with E-state index in [2.05, 4.69) is 18.7 Å². The lowest BCUT2D eigenvalue weighted by molar-refractivity contribution is 0.0422. The molecule has 1 aliphatic rings. The van der Waals surface area contributed by atoms with E-state index in [9.17, 15) is 13.6 Å². The maximum absolute atomic E-state index is 13.7. The van der Waals surface area contributed by atoms with E-state index >= 15 is 0 Å². The van der Waals surface area contributed by atoms with Crippen LogP contribution in [-0.4, -0.2) is 54.0 Å². The monoisotopic (exact) mass is 297 g/mol. The summed E-state index contributed by atoms with van der Waals surface area (Å²) < 4.78 is 26.9. The van der Waals surface area contributed by atoms with Crippen molar-refractivity contribution in [3.8, 4) is 0 Å². The molecule has 0 bridgehead atoms. The van der Waals surface area contributed by atoms with Gasteiger partial charge in [-0.15, -0.1) is 0 Å². The zero-order chi connectivity index (χ0) is 15.6. The number of nitrogens with two attached hydrogens (primary N) is 1. The molecule has 0 atom stereocenters. The molecule has 1 amide bonds. The third kappa shape index (κ3) is 3.22. The van der Waals surface area contributed by atoms with Crippen molar-refractivity contribution in [3.05, 3.63) is 35.4 Å². The van der Waals surface area contributed by atoms with Crippen LogP contribution in [0, 0.1) is 11.6 Å². The lowest BCUT2D eigenvalue weighted by atomic mass is 10.0. The van der Waals surface area contributed by atoms with Gasteiger partial charge in [0, 0.05) is 38.3 Å². The first-order chi connectivity index (χ1) is 9.86. The first-order valence-electron chi connectivity index (χ1n) is 7.05. The summed E-state index contributed by atoms with van der Waals surface area (Å²) in [5, 5.41) is 0. The summed E-state index contributed by atoms with van der Waals surface area (Å²) in [6, 6.07) is 3.67. The van der Waals surface area contributed by atoms with Gasteiger partial charge in [0.25, 0.3) is 5.91 Å². The molecule has 6 heteroatoms. The Balaban J connectivity index is 2.06. The van der Waals surface area contributed by atoms with Gasteiger partial charge < -0.3 is 10.6 Å². The average Bonchev–Trinajstić information content (AvgIpc) is 2.49. The van der Waals surface area contributed by atoms with Crippen LogP contribution in [0.15, 0.2) is 18.2 Å². The largest absolute Gasteiger partial charge is 0.336 e. The maximum atomic E-state index is 13.7. The summed E-state index contributed by atoms with van der Waals surface area (Å²) >= 11 is 0. The van der Waals surface area contributed by atoms with Gasteiger partial charge in [-0.3, -0.25) is 9.69 Å². The predicted molar refractivity (Wildman–Crippen MR) is 77.0 cm³/mol. The molecule has 1 heterocycles. The van der Waals surface area contributed by atoms with E-state index in [4.69, 9.17) is 5.73 Å². The van der Waals surface area contributed by atoms with Crippen molar-refractivity contribution in [3.63, 3.8) is 0 Å². The maximum Gasteiger partial charge on any atom is 0.257 e. The summed E-state index contributed by atoms with van der Waals surface area (Å²) in [6.45, 7) is 6.95. The lowest BCUT2D eigenvalue weighted by Gasteiger charge is -2.43. The normalized spacial score (nSPS) is 17.1. The first-order valence-corrected chi connectivity index (χ1v) is 7.05. The van der Waals surface area contributed by atoms with Crippen LogP contribution in [-0.2, 0) is 0 Å². The number of piperazine rings is 1. The van der Waals surface area contributed by atoms with Crippen molar-refractivity contribution >= 4 is 5.91 Å². The molecule has 4 nitrogen and oxygen atoms in total. The number of halogens is 2. The first kappa shape index (κ1) is 15.9. The molecule has 1 fully saturated rings. The van der Waals surface area contributed by atoms with Crippen LogP contribution in [0.5, 0.6) is 0 Å². The van der Waals surface area contributed by atoms with Crippen molar-refractivity contribution < 1.29 is 13.6 Å². The molecule has 1 aliphatic heterocycles. The van der Waals surface area contributed by atoms with Crippen molar-refractivity contribution in [2.75, 3.05) is 32.7 Å². The second kappa shape index (κ2) is 6.07. The van der Waals surface area contributed by atoms with Gasteiger partial charge in [0.15, 0.2) is 11.6 Å². The number of carbonyl (C=O) groups is 1. The summed E-state index contributed by atoms with van der Waals surface area (Å²) in [6.07, 6.45) is 0. The van der Waals surface area contributed by atoms with Crippen LogP contribution in [0.2, 0.25) is 0 Å². The van der Waals surface area contributed by atoms with Crippen LogP contribution in [0.25, 0.3) is 0 Å². The Morgan fingerprint density at radius 3 is 2.43 bits per heavy atom. The zero-order valence-electron chi connectivity index (χ0n) is 12.4. The SMILES string of the molecule is CC(C)(CN)N1CCN(C(=O)c2cccc(F)c2F)CC1. The molecule has 116 valence electrons. The van der Waals surface area contributed by atoms with E-state index in [0.29, 0.717) is 32.7 Å². The Bertz CT molecular complexity index is 526. The fraction of sp³-hybridized carbons (Fsp3) is 0.533. The van der Waals surface area contributed by atoms with Crippen molar-refractivity contribution in [2.45, 2.75) is 19.4 Å². The molecule has 0 aromatic heterocycles. The highest BCUT2D eigenvalue weighted by Crippen LogP contribution is 2.18. The van der Waals surface area contributed by atoms with Gasteiger partial charge in [-0.05, 0) is 26.0 Å². The lowest BCUT2D eigenvalue weighted by Crippen LogP contribution is -2.58. The minimum atomic E-state index is -1.08. The van der Waals surface area contributed by atoms with Crippen LogP contribution < -0.4 is 5.73 Å². The smallest absolute Gasteiger partial charge is 0.257 e. The molecule has 1 aromatic carbocycles.